The quantitative estimate of drug-likeness (QED) is 0.899. The first-order chi connectivity index (χ1) is 11.1. The van der Waals surface area contributed by atoms with Gasteiger partial charge in [0.1, 0.15) is 0 Å². The number of aromatic carboxylic acids is 1. The fraction of sp³-hybridized carbons (Fsp3) is 0.375. The molecule has 1 aromatic heterocycles. The number of carbonyl (C=O) groups excluding carboxylic acids is 1. The van der Waals surface area contributed by atoms with Gasteiger partial charge >= 0.3 is 5.97 Å². The van der Waals surface area contributed by atoms with Crippen molar-refractivity contribution in [1.29, 1.82) is 0 Å². The highest BCUT2D eigenvalue weighted by molar-refractivity contribution is 5.95. The first-order valence-corrected chi connectivity index (χ1v) is 7.70. The monoisotopic (exact) mass is 312 g/mol. The molecule has 23 heavy (non-hydrogen) atoms. The number of nitrogens with one attached hydrogen (secondary N) is 1. The molecule has 2 unspecified atom stereocenters. The lowest BCUT2D eigenvalue weighted by Gasteiger charge is -2.08. The number of carboxylic acids is 1. The molecule has 0 aliphatic heterocycles. The fourth-order valence-electron chi connectivity index (χ4n) is 3.65. The van der Waals surface area contributed by atoms with Gasteiger partial charge in [-0.1, -0.05) is 17.7 Å². The summed E-state index contributed by atoms with van der Waals surface area (Å²) >= 11 is 0. The van der Waals surface area contributed by atoms with Crippen molar-refractivity contribution in [3.63, 3.8) is 0 Å². The number of hydrogen-bond donors (Lipinski definition) is 2. The number of hydrogen-bond acceptors (Lipinski definition) is 4. The lowest BCUT2D eigenvalue weighted by molar-refractivity contribution is -0.118. The third kappa shape index (κ3) is 2.48. The summed E-state index contributed by atoms with van der Waals surface area (Å²) in [4.78, 5) is 23.2. The summed E-state index contributed by atoms with van der Waals surface area (Å²) in [5.74, 6) is 0.276. The van der Waals surface area contributed by atoms with Crippen LogP contribution in [0.5, 0.6) is 0 Å². The molecule has 1 amide bonds. The van der Waals surface area contributed by atoms with Crippen LogP contribution < -0.4 is 5.32 Å². The molecule has 0 saturated heterocycles. The molecule has 2 fully saturated rings. The molecule has 2 aliphatic carbocycles. The smallest absolute Gasteiger partial charge is 0.358 e. The highest BCUT2D eigenvalue weighted by atomic mass is 16.4. The molecule has 2 saturated carbocycles. The lowest BCUT2D eigenvalue weighted by Crippen LogP contribution is -2.16. The summed E-state index contributed by atoms with van der Waals surface area (Å²) in [5.41, 5.74) is 1.22. The van der Waals surface area contributed by atoms with E-state index in [1.807, 2.05) is 6.07 Å². The van der Waals surface area contributed by atoms with Crippen molar-refractivity contribution >= 4 is 17.6 Å². The molecule has 0 bridgehead atoms. The number of fused-ring (bicyclic) bond motifs is 1. The van der Waals surface area contributed by atoms with Crippen molar-refractivity contribution in [3.8, 4) is 5.69 Å². The second-order valence-electron chi connectivity index (χ2n) is 6.18. The molecule has 2 aliphatic rings. The highest BCUT2D eigenvalue weighted by Crippen LogP contribution is 2.57. The predicted molar refractivity (Wildman–Crippen MR) is 81.3 cm³/mol. The molecule has 4 rings (SSSR count). The van der Waals surface area contributed by atoms with Gasteiger partial charge in [0.25, 0.3) is 0 Å². The minimum absolute atomic E-state index is 0.0849. The normalized spacial score (nSPS) is 25.0. The van der Waals surface area contributed by atoms with Crippen molar-refractivity contribution in [2.75, 3.05) is 5.32 Å². The van der Waals surface area contributed by atoms with Crippen molar-refractivity contribution in [3.05, 3.63) is 36.2 Å². The Balaban J connectivity index is 1.49. The van der Waals surface area contributed by atoms with Crippen molar-refractivity contribution in [1.82, 2.24) is 15.0 Å². The number of carboxylic acid groups (broad SMARTS) is 1. The van der Waals surface area contributed by atoms with E-state index in [4.69, 9.17) is 5.11 Å². The van der Waals surface area contributed by atoms with Crippen LogP contribution in [0.25, 0.3) is 5.69 Å². The second-order valence-corrected chi connectivity index (χ2v) is 6.18. The molecule has 2 atom stereocenters. The summed E-state index contributed by atoms with van der Waals surface area (Å²) in [7, 11) is 0. The Hall–Kier alpha value is -2.70. The Morgan fingerprint density at radius 3 is 2.74 bits per heavy atom. The fourth-order valence-corrected chi connectivity index (χ4v) is 3.65. The molecule has 0 radical (unpaired) electrons. The van der Waals surface area contributed by atoms with Crippen molar-refractivity contribution in [2.45, 2.75) is 19.3 Å². The van der Waals surface area contributed by atoms with Gasteiger partial charge in [-0.25, -0.2) is 9.48 Å². The maximum Gasteiger partial charge on any atom is 0.358 e. The summed E-state index contributed by atoms with van der Waals surface area (Å²) in [6.07, 6.45) is 4.92. The SMILES string of the molecule is O=C(O)c1cn(-c2cccc(NC(=O)C3C4CCCC43)c2)nn1. The third-order valence-corrected chi connectivity index (χ3v) is 4.80. The maximum atomic E-state index is 12.3. The molecule has 7 heteroatoms. The average Bonchev–Trinajstić information content (AvgIpc) is 2.95. The molecule has 7 nitrogen and oxygen atoms in total. The van der Waals surface area contributed by atoms with E-state index >= 15 is 0 Å². The lowest BCUT2D eigenvalue weighted by atomic mass is 10.1. The molecule has 118 valence electrons. The molecule has 1 aromatic carbocycles. The van der Waals surface area contributed by atoms with E-state index in [0.29, 0.717) is 23.2 Å². The largest absolute Gasteiger partial charge is 0.476 e. The first kappa shape index (κ1) is 13.9. The van der Waals surface area contributed by atoms with Gasteiger partial charge in [-0.2, -0.15) is 0 Å². The van der Waals surface area contributed by atoms with Crippen LogP contribution in [0.1, 0.15) is 29.8 Å². The number of amides is 1. The summed E-state index contributed by atoms with van der Waals surface area (Å²) in [6.45, 7) is 0. The Bertz CT molecular complexity index is 775. The number of nitrogens with zero attached hydrogens (tertiary/aromatic N) is 3. The Morgan fingerprint density at radius 2 is 2.04 bits per heavy atom. The van der Waals surface area contributed by atoms with Gasteiger partial charge in [0.2, 0.25) is 5.91 Å². The number of aromatic nitrogens is 3. The van der Waals surface area contributed by atoms with Crippen molar-refractivity contribution in [2.24, 2.45) is 17.8 Å². The van der Waals surface area contributed by atoms with Crippen LogP contribution in [-0.4, -0.2) is 32.0 Å². The average molecular weight is 312 g/mol. The van der Waals surface area contributed by atoms with Gasteiger partial charge in [0, 0.05) is 11.6 Å². The Labute approximate surface area is 132 Å². The zero-order valence-corrected chi connectivity index (χ0v) is 12.3. The van der Waals surface area contributed by atoms with Gasteiger partial charge in [-0.05, 0) is 42.9 Å². The van der Waals surface area contributed by atoms with E-state index in [-0.39, 0.29) is 17.5 Å². The predicted octanol–water partition coefficient (Wildman–Crippen LogP) is 1.95. The van der Waals surface area contributed by atoms with E-state index in [2.05, 4.69) is 15.6 Å². The van der Waals surface area contributed by atoms with Gasteiger partial charge in [0.05, 0.1) is 11.9 Å². The van der Waals surface area contributed by atoms with Crippen molar-refractivity contribution < 1.29 is 14.7 Å². The van der Waals surface area contributed by atoms with Gasteiger partial charge < -0.3 is 10.4 Å². The first-order valence-electron chi connectivity index (χ1n) is 7.70. The van der Waals surface area contributed by atoms with E-state index in [1.54, 1.807) is 18.2 Å². The van der Waals surface area contributed by atoms with Gasteiger partial charge in [0.15, 0.2) is 5.69 Å². The molecule has 2 aromatic rings. The Kier molecular flexibility index (Phi) is 3.14. The van der Waals surface area contributed by atoms with E-state index in [1.165, 1.54) is 30.1 Å². The minimum Gasteiger partial charge on any atom is -0.476 e. The number of benzene rings is 1. The van der Waals surface area contributed by atoms with Crippen LogP contribution >= 0.6 is 0 Å². The van der Waals surface area contributed by atoms with Crippen LogP contribution in [0.4, 0.5) is 5.69 Å². The third-order valence-electron chi connectivity index (χ3n) is 4.80. The number of carbonyl (C=O) groups is 2. The van der Waals surface area contributed by atoms with Crippen LogP contribution in [0, 0.1) is 17.8 Å². The van der Waals surface area contributed by atoms with Gasteiger partial charge in [-0.3, -0.25) is 4.79 Å². The van der Waals surface area contributed by atoms with E-state index < -0.39 is 5.97 Å². The summed E-state index contributed by atoms with van der Waals surface area (Å²) in [6, 6.07) is 7.15. The topological polar surface area (TPSA) is 97.1 Å². The molecule has 2 N–H and O–H groups in total. The van der Waals surface area contributed by atoms with Crippen LogP contribution in [0.15, 0.2) is 30.5 Å². The molecular formula is C16H16N4O3. The second kappa shape index (κ2) is 5.19. The number of rotatable bonds is 4. The molecule has 0 spiro atoms. The standard InChI is InChI=1S/C16H16N4O3/c21-15(14-11-5-2-6-12(11)14)17-9-3-1-4-10(7-9)20-8-13(16(22)23)18-19-20/h1,3-4,7-8,11-12,14H,2,5-6H2,(H,17,21)(H,22,23). The molecule has 1 heterocycles. The van der Waals surface area contributed by atoms with Crippen LogP contribution in [0.3, 0.4) is 0 Å². The molecular weight excluding hydrogens is 296 g/mol. The Morgan fingerprint density at radius 1 is 1.26 bits per heavy atom. The highest BCUT2D eigenvalue weighted by Gasteiger charge is 2.56. The van der Waals surface area contributed by atoms with Gasteiger partial charge in [-0.15, -0.1) is 5.10 Å². The van der Waals surface area contributed by atoms with E-state index in [9.17, 15) is 9.59 Å². The van der Waals surface area contributed by atoms with Crippen LogP contribution in [-0.2, 0) is 4.79 Å². The minimum atomic E-state index is -1.12. The summed E-state index contributed by atoms with van der Waals surface area (Å²) in [5, 5.41) is 19.2. The summed E-state index contributed by atoms with van der Waals surface area (Å²) < 4.78 is 1.38. The van der Waals surface area contributed by atoms with Crippen LogP contribution in [0.2, 0.25) is 0 Å². The zero-order chi connectivity index (χ0) is 16.0. The number of anilines is 1. The van der Waals surface area contributed by atoms with E-state index in [0.717, 1.165) is 0 Å². The zero-order valence-electron chi connectivity index (χ0n) is 12.3. The maximum absolute atomic E-state index is 12.3.